The van der Waals surface area contributed by atoms with Gasteiger partial charge in [0.15, 0.2) is 12.6 Å². The summed E-state index contributed by atoms with van der Waals surface area (Å²) in [6, 6.07) is 10.1. The molecule has 9 unspecified atom stereocenters. The van der Waals surface area contributed by atoms with Crippen LogP contribution in [0.25, 0.3) is 0 Å². The Hall–Kier alpha value is -2.29. The Bertz CT molecular complexity index is 1190. The van der Waals surface area contributed by atoms with Crippen LogP contribution in [0.5, 0.6) is 0 Å². The van der Waals surface area contributed by atoms with E-state index in [0.717, 1.165) is 95.0 Å². The topological polar surface area (TPSA) is 72.5 Å². The lowest BCUT2D eigenvalue weighted by atomic mass is 9.76. The van der Waals surface area contributed by atoms with Crippen LogP contribution < -0.4 is 0 Å². The highest BCUT2D eigenvalue weighted by atomic mass is 16.7. The van der Waals surface area contributed by atoms with Crippen LogP contribution in [-0.4, -0.2) is 57.7 Å². The van der Waals surface area contributed by atoms with Crippen molar-refractivity contribution < 1.29 is 33.2 Å². The van der Waals surface area contributed by atoms with Crippen LogP contribution in [0.2, 0.25) is 0 Å². The molecular weight excluding hydrogens is 604 g/mol. The molecule has 2 aliphatic carbocycles. The molecule has 1 saturated carbocycles. The molecule has 5 rings (SSSR count). The molecule has 0 aromatic heterocycles. The van der Waals surface area contributed by atoms with Crippen molar-refractivity contribution in [2.75, 3.05) is 26.9 Å². The van der Waals surface area contributed by atoms with Gasteiger partial charge in [0.25, 0.3) is 0 Å². The number of benzene rings is 1. The summed E-state index contributed by atoms with van der Waals surface area (Å²) in [7, 11) is 1.48. The summed E-state index contributed by atoms with van der Waals surface area (Å²) >= 11 is 0. The van der Waals surface area contributed by atoms with Crippen molar-refractivity contribution in [2.45, 2.75) is 123 Å². The average Bonchev–Trinajstić information content (AvgIpc) is 3.64. The summed E-state index contributed by atoms with van der Waals surface area (Å²) in [5.41, 5.74) is 3.60. The first-order valence-electron chi connectivity index (χ1n) is 18.7. The lowest BCUT2D eigenvalue weighted by Crippen LogP contribution is -2.37. The van der Waals surface area contributed by atoms with Crippen molar-refractivity contribution >= 4 is 5.97 Å². The number of carbonyl (C=O) groups excluding carboxylic acids is 1. The Kier molecular flexibility index (Phi) is 14.8. The van der Waals surface area contributed by atoms with Crippen molar-refractivity contribution in [3.8, 4) is 0 Å². The van der Waals surface area contributed by atoms with E-state index in [9.17, 15) is 4.79 Å². The normalized spacial score (nSPS) is 29.2. The smallest absolute Gasteiger partial charge is 0.315 e. The maximum absolute atomic E-state index is 13.2. The number of hydrogen-bond donors (Lipinski definition) is 0. The van der Waals surface area contributed by atoms with Gasteiger partial charge in [0, 0.05) is 13.2 Å². The quantitative estimate of drug-likeness (QED) is 0.122. The summed E-state index contributed by atoms with van der Waals surface area (Å²) in [6.45, 7) is 8.76. The van der Waals surface area contributed by atoms with E-state index in [2.05, 4.69) is 45.1 Å². The monoisotopic (exact) mass is 664 g/mol. The van der Waals surface area contributed by atoms with Crippen molar-refractivity contribution in [3.63, 3.8) is 0 Å². The second kappa shape index (κ2) is 19.2. The van der Waals surface area contributed by atoms with Crippen molar-refractivity contribution in [3.05, 3.63) is 71.3 Å². The molecule has 0 radical (unpaired) electrons. The molecule has 9 atom stereocenters. The van der Waals surface area contributed by atoms with E-state index in [1.165, 1.54) is 12.7 Å². The Morgan fingerprint density at radius 2 is 1.77 bits per heavy atom. The Labute approximate surface area is 289 Å². The zero-order valence-corrected chi connectivity index (χ0v) is 29.9. The highest BCUT2D eigenvalue weighted by molar-refractivity contribution is 5.76. The summed E-state index contributed by atoms with van der Waals surface area (Å²) in [4.78, 5) is 13.2. The van der Waals surface area contributed by atoms with Gasteiger partial charge in [-0.15, -0.1) is 0 Å². The molecule has 0 amide bonds. The molecule has 0 spiro atoms. The van der Waals surface area contributed by atoms with Gasteiger partial charge in [-0.1, -0.05) is 65.8 Å². The third-order valence-electron chi connectivity index (χ3n) is 10.7. The third-order valence-corrected chi connectivity index (χ3v) is 10.7. The van der Waals surface area contributed by atoms with Crippen molar-refractivity contribution in [1.82, 2.24) is 0 Å². The molecule has 4 aliphatic rings. The largest absolute Gasteiger partial charge is 0.468 e. The lowest BCUT2D eigenvalue weighted by molar-refractivity contribution is -0.202. The molecule has 1 aromatic rings. The van der Waals surface area contributed by atoms with E-state index in [0.29, 0.717) is 31.0 Å². The fourth-order valence-corrected chi connectivity index (χ4v) is 8.39. The maximum Gasteiger partial charge on any atom is 0.315 e. The molecule has 2 heterocycles. The minimum atomic E-state index is -0.405. The first-order chi connectivity index (χ1) is 23.4. The van der Waals surface area contributed by atoms with Crippen LogP contribution in [0, 0.1) is 29.6 Å². The minimum Gasteiger partial charge on any atom is -0.468 e. The predicted octanol–water partition coefficient (Wildman–Crippen LogP) is 8.73. The number of esters is 1. The Morgan fingerprint density at radius 3 is 2.44 bits per heavy atom. The molecule has 1 aromatic carbocycles. The molecule has 3 fully saturated rings. The van der Waals surface area contributed by atoms with E-state index < -0.39 is 5.92 Å². The van der Waals surface area contributed by atoms with Crippen LogP contribution in [0.15, 0.2) is 65.8 Å². The molecule has 2 saturated heterocycles. The lowest BCUT2D eigenvalue weighted by Gasteiger charge is -2.36. The first-order valence-corrected chi connectivity index (χ1v) is 18.7. The molecular formula is C41H60O7. The molecule has 266 valence electrons. The standard InChI is InChI=1S/C41H60O7/c1-5-14-34(47-38-19-9-11-21-45-38)24-31(18-13-15-29(2)3)40-35-25-32(23-33(35)26-37(40)48-39-20-10-12-22-46-39)36(41(42)43-4)28-44-27-30-16-7-6-8-17-30/h5-8,14-17,25,31,33-40H,9-13,18-24,26-28H2,1-4H3. The van der Waals surface area contributed by atoms with Crippen LogP contribution >= 0.6 is 0 Å². The Balaban J connectivity index is 1.40. The summed E-state index contributed by atoms with van der Waals surface area (Å²) in [5, 5.41) is 0. The van der Waals surface area contributed by atoms with Crippen molar-refractivity contribution in [2.24, 2.45) is 29.6 Å². The molecule has 0 bridgehead atoms. The van der Waals surface area contributed by atoms with Gasteiger partial charge in [0.1, 0.15) is 5.92 Å². The predicted molar refractivity (Wildman–Crippen MR) is 188 cm³/mol. The van der Waals surface area contributed by atoms with Crippen LogP contribution in [-0.2, 0) is 39.8 Å². The average molecular weight is 665 g/mol. The number of fused-ring (bicyclic) bond motifs is 1. The number of ether oxygens (including phenoxy) is 6. The van der Waals surface area contributed by atoms with Crippen molar-refractivity contribution in [1.29, 1.82) is 0 Å². The van der Waals surface area contributed by atoms with Crippen LogP contribution in [0.1, 0.15) is 97.0 Å². The zero-order chi connectivity index (χ0) is 33.7. The highest BCUT2D eigenvalue weighted by Gasteiger charge is 2.51. The molecule has 48 heavy (non-hydrogen) atoms. The summed E-state index contributed by atoms with van der Waals surface area (Å²) < 4.78 is 37.2. The molecule has 0 N–H and O–H groups in total. The second-order valence-electron chi connectivity index (χ2n) is 14.5. The van der Waals surface area contributed by atoms with Gasteiger partial charge in [-0.3, -0.25) is 4.79 Å². The van der Waals surface area contributed by atoms with Gasteiger partial charge in [0.05, 0.1) is 32.5 Å². The van der Waals surface area contributed by atoms with Gasteiger partial charge in [0.2, 0.25) is 0 Å². The van der Waals surface area contributed by atoms with E-state index in [-0.39, 0.29) is 36.7 Å². The maximum atomic E-state index is 13.2. The number of methoxy groups -OCH3 is 1. The minimum absolute atomic E-state index is 0.0282. The zero-order valence-electron chi connectivity index (χ0n) is 29.9. The molecule has 7 nitrogen and oxygen atoms in total. The second-order valence-corrected chi connectivity index (χ2v) is 14.5. The summed E-state index contributed by atoms with van der Waals surface area (Å²) in [5.74, 6) is 0.740. The Morgan fingerprint density at radius 1 is 1.02 bits per heavy atom. The highest BCUT2D eigenvalue weighted by Crippen LogP contribution is 2.54. The van der Waals surface area contributed by atoms with Gasteiger partial charge >= 0.3 is 5.97 Å². The third kappa shape index (κ3) is 10.6. The molecule has 7 heteroatoms. The number of allylic oxidation sites excluding steroid dienone is 4. The van der Waals surface area contributed by atoms with Gasteiger partial charge in [-0.05, 0) is 121 Å². The number of hydrogen-bond acceptors (Lipinski definition) is 7. The number of carbonyl (C=O) groups is 1. The van der Waals surface area contributed by atoms with Crippen LogP contribution in [0.3, 0.4) is 0 Å². The van der Waals surface area contributed by atoms with E-state index in [1.54, 1.807) is 0 Å². The summed E-state index contributed by atoms with van der Waals surface area (Å²) in [6.07, 6.45) is 20.1. The SMILES string of the molecule is CC=CC(CC(CCC=C(C)C)C1C(OC2CCCCO2)CC2CC(C(COCc3ccccc3)C(=O)OC)=CC21)OC1CCCCO1. The van der Waals surface area contributed by atoms with E-state index in [1.807, 2.05) is 30.3 Å². The van der Waals surface area contributed by atoms with Gasteiger partial charge < -0.3 is 28.4 Å². The number of rotatable bonds is 17. The molecule has 2 aliphatic heterocycles. The van der Waals surface area contributed by atoms with E-state index >= 15 is 0 Å². The van der Waals surface area contributed by atoms with Gasteiger partial charge in [-0.25, -0.2) is 0 Å². The fraction of sp³-hybridized carbons (Fsp3) is 0.683. The fourth-order valence-electron chi connectivity index (χ4n) is 8.39. The van der Waals surface area contributed by atoms with Crippen LogP contribution in [0.4, 0.5) is 0 Å². The van der Waals surface area contributed by atoms with Gasteiger partial charge in [-0.2, -0.15) is 0 Å². The van der Waals surface area contributed by atoms with E-state index in [4.69, 9.17) is 28.4 Å². The first kappa shape index (κ1) is 37.0.